The van der Waals surface area contributed by atoms with E-state index < -0.39 is 23.6 Å². The summed E-state index contributed by atoms with van der Waals surface area (Å²) in [5.41, 5.74) is 6.10. The number of β-amino-alcohol motifs (C(OH)–C–C–N with tert-alkyl or cyclic N) is 1. The normalized spacial score (nSPS) is 17.9. The Kier molecular flexibility index (Phi) is 11.9. The van der Waals surface area contributed by atoms with Gasteiger partial charge in [0.2, 0.25) is 0 Å². The number of hydrogen-bond acceptors (Lipinski definition) is 8. The number of methoxy groups -OCH3 is 1. The van der Waals surface area contributed by atoms with E-state index in [-0.39, 0.29) is 36.4 Å². The van der Waals surface area contributed by atoms with Crippen molar-refractivity contribution in [2.24, 2.45) is 5.92 Å². The topological polar surface area (TPSA) is 127 Å². The maximum absolute atomic E-state index is 14.4. The fourth-order valence-corrected chi connectivity index (χ4v) is 7.47. The summed E-state index contributed by atoms with van der Waals surface area (Å²) in [5.74, 6) is -1.54. The van der Waals surface area contributed by atoms with Crippen molar-refractivity contribution >= 4 is 35.4 Å². The van der Waals surface area contributed by atoms with E-state index in [0.717, 1.165) is 52.5 Å². The van der Waals surface area contributed by atoms with Gasteiger partial charge in [-0.3, -0.25) is 24.4 Å². The number of nitrogens with zero attached hydrogens (tertiary/aromatic N) is 3. The predicted molar refractivity (Wildman–Crippen MR) is 207 cm³/mol. The van der Waals surface area contributed by atoms with Crippen LogP contribution in [0.15, 0.2) is 60.8 Å². The van der Waals surface area contributed by atoms with Gasteiger partial charge in [-0.05, 0) is 90.9 Å². The minimum absolute atomic E-state index is 0.0541. The highest BCUT2D eigenvalue weighted by molar-refractivity contribution is 6.04. The molecule has 3 heterocycles. The van der Waals surface area contributed by atoms with Gasteiger partial charge in [-0.1, -0.05) is 42.5 Å². The van der Waals surface area contributed by atoms with Crippen molar-refractivity contribution in [1.29, 1.82) is 0 Å². The highest BCUT2D eigenvalue weighted by atomic mass is 19.4. The first kappa shape index (κ1) is 39.5. The quantitative estimate of drug-likeness (QED) is 0.110. The molecule has 0 saturated carbocycles. The number of pyridine rings is 1. The Morgan fingerprint density at radius 3 is 2.24 bits per heavy atom. The van der Waals surface area contributed by atoms with Crippen LogP contribution in [0.5, 0.6) is 5.75 Å². The molecule has 1 amide bonds. The summed E-state index contributed by atoms with van der Waals surface area (Å²) < 4.78 is 48.9. The molecule has 13 heteroatoms. The molecule has 2 aliphatic heterocycles. The SMILES string of the molecule is CNc1cc(C(=O)Nc2cccc(-c3cccc(/C=C/c4cc(OC)c(CN5CCC(C(=O)O)C5)cc4C(F)(F)F)c3C)c2C)ncc1CN1CC[C@@H](O)C1. The number of ether oxygens (including phenoxy) is 1. The highest BCUT2D eigenvalue weighted by Crippen LogP contribution is 2.39. The molecule has 1 aromatic heterocycles. The summed E-state index contributed by atoms with van der Waals surface area (Å²) >= 11 is 0. The average molecular weight is 758 g/mol. The van der Waals surface area contributed by atoms with Crippen LogP contribution in [0, 0.1) is 19.8 Å². The van der Waals surface area contributed by atoms with Gasteiger partial charge in [-0.2, -0.15) is 13.2 Å². The molecule has 2 saturated heterocycles. The lowest BCUT2D eigenvalue weighted by atomic mass is 9.92. The van der Waals surface area contributed by atoms with Gasteiger partial charge in [0.25, 0.3) is 5.91 Å². The molecule has 1 unspecified atom stereocenters. The molecule has 4 aromatic rings. The third-order valence-corrected chi connectivity index (χ3v) is 10.6. The van der Waals surface area contributed by atoms with Crippen molar-refractivity contribution in [1.82, 2.24) is 14.8 Å². The molecule has 2 atom stereocenters. The highest BCUT2D eigenvalue weighted by Gasteiger charge is 2.35. The molecule has 0 aliphatic carbocycles. The molecule has 4 N–H and O–H groups in total. The van der Waals surface area contributed by atoms with Gasteiger partial charge < -0.3 is 25.6 Å². The molecule has 10 nitrogen and oxygen atoms in total. The molecule has 2 fully saturated rings. The number of benzene rings is 3. The lowest BCUT2D eigenvalue weighted by molar-refractivity contribution is -0.141. The summed E-state index contributed by atoms with van der Waals surface area (Å²) in [4.78, 5) is 33.3. The van der Waals surface area contributed by atoms with Crippen LogP contribution < -0.4 is 15.4 Å². The number of halogens is 3. The Bertz CT molecular complexity index is 2100. The second-order valence-corrected chi connectivity index (χ2v) is 14.2. The minimum Gasteiger partial charge on any atom is -0.496 e. The summed E-state index contributed by atoms with van der Waals surface area (Å²) in [6, 6.07) is 15.4. The number of alkyl halides is 3. The maximum Gasteiger partial charge on any atom is 0.417 e. The van der Waals surface area contributed by atoms with Gasteiger partial charge in [0.05, 0.1) is 24.7 Å². The van der Waals surface area contributed by atoms with E-state index in [1.165, 1.54) is 19.3 Å². The second-order valence-electron chi connectivity index (χ2n) is 14.2. The van der Waals surface area contributed by atoms with Crippen molar-refractivity contribution in [2.45, 2.75) is 52.1 Å². The number of anilines is 2. The third kappa shape index (κ3) is 9.01. The zero-order valence-corrected chi connectivity index (χ0v) is 31.3. The number of aliphatic hydroxyl groups is 1. The molecular weight excluding hydrogens is 711 g/mol. The Morgan fingerprint density at radius 1 is 0.909 bits per heavy atom. The second kappa shape index (κ2) is 16.6. The monoisotopic (exact) mass is 757 g/mol. The van der Waals surface area contributed by atoms with E-state index in [4.69, 9.17) is 4.74 Å². The van der Waals surface area contributed by atoms with E-state index in [2.05, 4.69) is 20.5 Å². The summed E-state index contributed by atoms with van der Waals surface area (Å²) in [6.07, 6.45) is 0.980. The van der Waals surface area contributed by atoms with Gasteiger partial charge in [-0.15, -0.1) is 0 Å². The number of aromatic nitrogens is 1. The molecular formula is C42H46F3N5O5. The zero-order valence-electron chi connectivity index (χ0n) is 31.3. The first-order valence-electron chi connectivity index (χ1n) is 18.2. The number of amides is 1. The summed E-state index contributed by atoms with van der Waals surface area (Å²) in [6.45, 7) is 6.69. The van der Waals surface area contributed by atoms with Gasteiger partial charge >= 0.3 is 12.1 Å². The predicted octanol–water partition coefficient (Wildman–Crippen LogP) is 7.33. The lowest BCUT2D eigenvalue weighted by Gasteiger charge is -2.20. The number of hydrogen-bond donors (Lipinski definition) is 4. The lowest BCUT2D eigenvalue weighted by Crippen LogP contribution is -2.23. The van der Waals surface area contributed by atoms with E-state index in [0.29, 0.717) is 48.6 Å². The number of likely N-dealkylation sites (tertiary alicyclic amines) is 2. The van der Waals surface area contributed by atoms with Gasteiger partial charge in [0, 0.05) is 68.5 Å². The number of carboxylic acid groups (broad SMARTS) is 1. The molecule has 6 rings (SSSR count). The summed E-state index contributed by atoms with van der Waals surface area (Å²) in [5, 5.41) is 25.4. The van der Waals surface area contributed by atoms with Crippen LogP contribution in [-0.2, 0) is 24.1 Å². The van der Waals surface area contributed by atoms with E-state index in [9.17, 15) is 33.0 Å². The number of carbonyl (C=O) groups is 2. The van der Waals surface area contributed by atoms with Crippen molar-refractivity contribution in [3.05, 3.63) is 105 Å². The van der Waals surface area contributed by atoms with Crippen LogP contribution in [0.2, 0.25) is 0 Å². The van der Waals surface area contributed by atoms with E-state index in [1.807, 2.05) is 55.1 Å². The van der Waals surface area contributed by atoms with Crippen LogP contribution in [0.3, 0.4) is 0 Å². The van der Waals surface area contributed by atoms with Crippen LogP contribution in [0.4, 0.5) is 24.5 Å². The fourth-order valence-electron chi connectivity index (χ4n) is 7.47. The van der Waals surface area contributed by atoms with Gasteiger partial charge in [0.1, 0.15) is 11.4 Å². The van der Waals surface area contributed by atoms with Crippen molar-refractivity contribution in [3.8, 4) is 16.9 Å². The third-order valence-electron chi connectivity index (χ3n) is 10.6. The molecule has 55 heavy (non-hydrogen) atoms. The average Bonchev–Trinajstić information content (AvgIpc) is 3.80. The molecule has 0 radical (unpaired) electrons. The Morgan fingerprint density at radius 2 is 1.58 bits per heavy atom. The Balaban J connectivity index is 1.23. The van der Waals surface area contributed by atoms with Crippen LogP contribution in [-0.4, -0.2) is 83.3 Å². The summed E-state index contributed by atoms with van der Waals surface area (Å²) in [7, 11) is 3.20. The zero-order chi connectivity index (χ0) is 39.4. The largest absolute Gasteiger partial charge is 0.496 e. The molecule has 3 aromatic carbocycles. The van der Waals surface area contributed by atoms with Crippen LogP contribution in [0.25, 0.3) is 23.3 Å². The van der Waals surface area contributed by atoms with Crippen molar-refractivity contribution < 1.29 is 37.7 Å². The first-order chi connectivity index (χ1) is 26.2. The number of rotatable bonds is 12. The number of carboxylic acids is 1. The number of carbonyl (C=O) groups excluding carboxylic acids is 1. The number of nitrogens with one attached hydrogen (secondary N) is 2. The van der Waals surface area contributed by atoms with Gasteiger partial charge in [0.15, 0.2) is 0 Å². The maximum atomic E-state index is 14.4. The van der Waals surface area contributed by atoms with E-state index >= 15 is 0 Å². The van der Waals surface area contributed by atoms with Gasteiger partial charge in [-0.25, -0.2) is 0 Å². The molecule has 0 bridgehead atoms. The fraction of sp³-hybridized carbons (Fsp3) is 0.357. The van der Waals surface area contributed by atoms with Crippen molar-refractivity contribution in [2.75, 3.05) is 51.0 Å². The van der Waals surface area contributed by atoms with Crippen molar-refractivity contribution in [3.63, 3.8) is 0 Å². The van der Waals surface area contributed by atoms with E-state index in [1.54, 1.807) is 25.4 Å². The molecule has 2 aliphatic rings. The first-order valence-corrected chi connectivity index (χ1v) is 18.2. The van der Waals surface area contributed by atoms with Crippen LogP contribution in [0.1, 0.15) is 62.3 Å². The Labute approximate surface area is 318 Å². The van der Waals surface area contributed by atoms with Crippen LogP contribution >= 0.6 is 0 Å². The molecule has 290 valence electrons. The minimum atomic E-state index is -4.64. The smallest absolute Gasteiger partial charge is 0.417 e. The Hall–Kier alpha value is -5.24. The standard InChI is InChI=1S/C42H46F3N5O5/c1-25-27(11-12-28-18-39(55-4)30(17-35(28)42(43,44)45)22-49-15-13-29(21-49)41(53)54)7-5-8-33(25)34-9-6-10-36(26(34)2)48-40(52)38-19-37(46-3)31(20-47-38)23-50-16-14-32(51)24-50/h5-12,17-20,29,32,51H,13-16,21-24H2,1-4H3,(H,46,47)(H,48,52)(H,53,54)/b12-11+/t29?,32-/m1/s1. The number of aliphatic hydroxyl groups excluding tert-OH is 1. The molecule has 0 spiro atoms. The number of aliphatic carboxylic acids is 1.